The quantitative estimate of drug-likeness (QED) is 0.743. The lowest BCUT2D eigenvalue weighted by Gasteiger charge is -2.53. The summed E-state index contributed by atoms with van der Waals surface area (Å²) >= 11 is 0. The number of aryl methyl sites for hydroxylation is 1. The first-order valence-electron chi connectivity index (χ1n) is 11.7. The van der Waals surface area contributed by atoms with Gasteiger partial charge in [-0.1, -0.05) is 6.42 Å². The molecule has 1 N–H and O–H groups in total. The van der Waals surface area contributed by atoms with E-state index in [0.29, 0.717) is 23.6 Å². The van der Waals surface area contributed by atoms with Gasteiger partial charge in [0, 0.05) is 24.5 Å². The van der Waals surface area contributed by atoms with Crippen molar-refractivity contribution in [2.45, 2.75) is 64.3 Å². The topological polar surface area (TPSA) is 58.1 Å². The number of carbonyl (C=O) groups is 1. The average molecular weight is 423 g/mol. The predicted octanol–water partition coefficient (Wildman–Crippen LogP) is 5.12. The van der Waals surface area contributed by atoms with E-state index >= 15 is 0 Å². The first-order valence-corrected chi connectivity index (χ1v) is 11.7. The Balaban J connectivity index is 1.30. The molecule has 0 radical (unpaired) electrons. The lowest BCUT2D eigenvalue weighted by atomic mass is 9.54. The minimum Gasteiger partial charge on any atom is -0.353 e. The largest absolute Gasteiger partial charge is 0.353 e. The summed E-state index contributed by atoms with van der Waals surface area (Å²) in [5.41, 5.74) is 0.432. The van der Waals surface area contributed by atoms with E-state index in [9.17, 15) is 9.18 Å². The number of piperidine rings is 1. The molecule has 1 amide bonds. The van der Waals surface area contributed by atoms with Crippen LogP contribution in [0.4, 0.5) is 15.9 Å². The van der Waals surface area contributed by atoms with E-state index in [2.05, 4.69) is 20.2 Å². The third-order valence-electron chi connectivity index (χ3n) is 7.95. The molecule has 2 aromatic rings. The van der Waals surface area contributed by atoms with Crippen LogP contribution in [0, 0.1) is 30.0 Å². The van der Waals surface area contributed by atoms with Crippen LogP contribution in [0.25, 0.3) is 0 Å². The summed E-state index contributed by atoms with van der Waals surface area (Å²) in [6.45, 7) is 3.00. The number of benzene rings is 1. The summed E-state index contributed by atoms with van der Waals surface area (Å²) in [5.74, 6) is 2.75. The fraction of sp³-hybridized carbons (Fsp3) is 0.560. The first kappa shape index (κ1) is 20.4. The lowest BCUT2D eigenvalue weighted by Crippen LogP contribution is -2.54. The normalized spacial score (nSPS) is 27.2. The minimum atomic E-state index is -0.282. The van der Waals surface area contributed by atoms with E-state index in [1.165, 1.54) is 25.0 Å². The van der Waals surface area contributed by atoms with Crippen LogP contribution < -0.4 is 10.2 Å². The van der Waals surface area contributed by atoms with Crippen LogP contribution in [0.15, 0.2) is 36.5 Å². The Bertz CT molecular complexity index is 943. The molecular formula is C25H31FN4O. The van der Waals surface area contributed by atoms with Gasteiger partial charge in [0.25, 0.3) is 0 Å². The number of carbonyl (C=O) groups excluding carboxylic acids is 1. The predicted molar refractivity (Wildman–Crippen MR) is 119 cm³/mol. The number of nitrogens with zero attached hydrogens (tertiary/aromatic N) is 3. The Labute approximate surface area is 183 Å². The van der Waals surface area contributed by atoms with Crippen LogP contribution in [-0.4, -0.2) is 28.5 Å². The van der Waals surface area contributed by atoms with Crippen molar-refractivity contribution >= 4 is 17.4 Å². The van der Waals surface area contributed by atoms with Gasteiger partial charge < -0.3 is 10.2 Å². The highest BCUT2D eigenvalue weighted by Crippen LogP contribution is 2.55. The molecule has 2 saturated carbocycles. The minimum absolute atomic E-state index is 0.132. The van der Waals surface area contributed by atoms with Gasteiger partial charge in [-0.3, -0.25) is 4.79 Å². The number of halogens is 1. The van der Waals surface area contributed by atoms with Gasteiger partial charge in [0.15, 0.2) is 0 Å². The molecule has 1 aromatic heterocycles. The summed E-state index contributed by atoms with van der Waals surface area (Å²) in [4.78, 5) is 24.8. The molecule has 164 valence electrons. The van der Waals surface area contributed by atoms with Crippen molar-refractivity contribution in [3.05, 3.63) is 48.2 Å². The van der Waals surface area contributed by atoms with E-state index in [0.717, 1.165) is 56.7 Å². The Hall–Kier alpha value is -2.50. The Kier molecular flexibility index (Phi) is 5.40. The highest BCUT2D eigenvalue weighted by Gasteiger charge is 2.53. The van der Waals surface area contributed by atoms with Gasteiger partial charge in [-0.05, 0) is 94.0 Å². The molecule has 3 aliphatic rings. The highest BCUT2D eigenvalue weighted by molar-refractivity contribution is 5.96. The van der Waals surface area contributed by atoms with E-state index in [1.54, 1.807) is 12.1 Å². The van der Waals surface area contributed by atoms with Crippen LogP contribution in [0.2, 0.25) is 0 Å². The molecule has 5 nitrogen and oxygen atoms in total. The van der Waals surface area contributed by atoms with Crippen LogP contribution in [0.3, 0.4) is 0 Å². The summed E-state index contributed by atoms with van der Waals surface area (Å²) in [5, 5.41) is 3.09. The number of aromatic nitrogens is 2. The van der Waals surface area contributed by atoms with Crippen LogP contribution >= 0.6 is 0 Å². The third kappa shape index (κ3) is 3.81. The summed E-state index contributed by atoms with van der Waals surface area (Å²) in [6.07, 6.45) is 10.6. The van der Waals surface area contributed by atoms with Crippen LogP contribution in [0.1, 0.15) is 57.2 Å². The monoisotopic (exact) mass is 422 g/mol. The van der Waals surface area contributed by atoms with Gasteiger partial charge in [0.05, 0.1) is 5.41 Å². The van der Waals surface area contributed by atoms with Crippen LogP contribution in [-0.2, 0) is 4.79 Å². The molecule has 3 unspecified atom stereocenters. The van der Waals surface area contributed by atoms with Crippen molar-refractivity contribution in [1.29, 1.82) is 0 Å². The van der Waals surface area contributed by atoms with Crippen molar-refractivity contribution < 1.29 is 9.18 Å². The lowest BCUT2D eigenvalue weighted by molar-refractivity contribution is -0.137. The smallest absolute Gasteiger partial charge is 0.230 e. The van der Waals surface area contributed by atoms with Gasteiger partial charge >= 0.3 is 0 Å². The zero-order chi connectivity index (χ0) is 21.4. The molecule has 3 fully saturated rings. The molecule has 0 spiro atoms. The molecule has 5 rings (SSSR count). The van der Waals surface area contributed by atoms with Crippen LogP contribution in [0.5, 0.6) is 0 Å². The van der Waals surface area contributed by atoms with Crippen molar-refractivity contribution in [3.63, 3.8) is 0 Å². The maximum atomic E-state index is 13.4. The molecule has 31 heavy (non-hydrogen) atoms. The molecule has 1 aromatic carbocycles. The molecular weight excluding hydrogens is 391 g/mol. The molecule has 0 bridgehead atoms. The van der Waals surface area contributed by atoms with Crippen molar-refractivity contribution in [2.75, 3.05) is 16.8 Å². The zero-order valence-corrected chi connectivity index (χ0v) is 18.2. The number of fused-ring (bicyclic) bond motifs is 1. The summed E-state index contributed by atoms with van der Waals surface area (Å²) in [6, 6.07) is 8.65. The molecule has 2 aliphatic carbocycles. The summed E-state index contributed by atoms with van der Waals surface area (Å²) < 4.78 is 13.2. The van der Waals surface area contributed by atoms with Gasteiger partial charge in [-0.15, -0.1) is 0 Å². The maximum Gasteiger partial charge on any atom is 0.230 e. The Morgan fingerprint density at radius 1 is 1.13 bits per heavy atom. The molecule has 1 aliphatic heterocycles. The first-order chi connectivity index (χ1) is 15.0. The van der Waals surface area contributed by atoms with Gasteiger partial charge in [0.1, 0.15) is 17.5 Å². The third-order valence-corrected chi connectivity index (χ3v) is 7.95. The zero-order valence-electron chi connectivity index (χ0n) is 18.2. The standard InChI is InChI=1S/C25H31FN4O/c1-17-27-14-11-23(28-17)30-15-2-4-18-16-19(5-10-22(18)30)25(12-3-13-25)24(31)29-21-8-6-20(26)7-9-21/h6-9,11,14,18-19,22H,2-5,10,12-13,15-16H2,1H3,(H,29,31). The highest BCUT2D eigenvalue weighted by atomic mass is 19.1. The fourth-order valence-corrected chi connectivity index (χ4v) is 6.22. The van der Waals surface area contributed by atoms with Gasteiger partial charge in [-0.2, -0.15) is 0 Å². The number of hydrogen-bond acceptors (Lipinski definition) is 4. The number of amides is 1. The number of nitrogens with one attached hydrogen (secondary N) is 1. The van der Waals surface area contributed by atoms with E-state index in [1.807, 2.05) is 19.2 Å². The second-order valence-corrected chi connectivity index (χ2v) is 9.61. The SMILES string of the molecule is Cc1nccc(N2CCCC3CC(C4(C(=O)Nc5ccc(F)cc5)CCC4)CCC32)n1. The Morgan fingerprint density at radius 2 is 1.94 bits per heavy atom. The fourth-order valence-electron chi connectivity index (χ4n) is 6.22. The molecule has 1 saturated heterocycles. The van der Waals surface area contributed by atoms with Gasteiger partial charge in [-0.25, -0.2) is 14.4 Å². The van der Waals surface area contributed by atoms with E-state index in [-0.39, 0.29) is 17.1 Å². The van der Waals surface area contributed by atoms with Crippen molar-refractivity contribution in [3.8, 4) is 0 Å². The summed E-state index contributed by atoms with van der Waals surface area (Å²) in [7, 11) is 0. The average Bonchev–Trinajstić information content (AvgIpc) is 2.74. The Morgan fingerprint density at radius 3 is 2.65 bits per heavy atom. The van der Waals surface area contributed by atoms with Crippen molar-refractivity contribution in [2.24, 2.45) is 17.3 Å². The second-order valence-electron chi connectivity index (χ2n) is 9.61. The number of anilines is 2. The van der Waals surface area contributed by atoms with E-state index < -0.39 is 0 Å². The van der Waals surface area contributed by atoms with E-state index in [4.69, 9.17) is 0 Å². The molecule has 2 heterocycles. The number of rotatable bonds is 4. The van der Waals surface area contributed by atoms with Gasteiger partial charge in [0.2, 0.25) is 5.91 Å². The number of hydrogen-bond donors (Lipinski definition) is 1. The van der Waals surface area contributed by atoms with Crippen molar-refractivity contribution in [1.82, 2.24) is 9.97 Å². The molecule has 3 atom stereocenters. The maximum absolute atomic E-state index is 13.4. The second kappa shape index (κ2) is 8.21. The molecule has 6 heteroatoms.